The Labute approximate surface area is 350 Å². The van der Waals surface area contributed by atoms with Crippen LogP contribution in [-0.4, -0.2) is 4.57 Å². The number of hydrogen-bond acceptors (Lipinski definition) is 1. The van der Waals surface area contributed by atoms with Crippen LogP contribution in [0.5, 0.6) is 0 Å². The van der Waals surface area contributed by atoms with E-state index in [4.69, 9.17) is 0 Å². The highest BCUT2D eigenvalue weighted by atomic mass is 15.1. The quantitative estimate of drug-likeness (QED) is 0.150. The lowest BCUT2D eigenvalue weighted by Crippen LogP contribution is -2.11. The molecular formula is C58H40N2. The lowest BCUT2D eigenvalue weighted by molar-refractivity contribution is 1.18. The second-order valence-corrected chi connectivity index (χ2v) is 15.3. The maximum Gasteiger partial charge on any atom is 0.0541 e. The van der Waals surface area contributed by atoms with Gasteiger partial charge in [0.1, 0.15) is 0 Å². The molecule has 1 aromatic heterocycles. The molecule has 0 saturated carbocycles. The minimum absolute atomic E-state index is 1.09. The largest absolute Gasteiger partial charge is 0.310 e. The molecule has 0 radical (unpaired) electrons. The van der Waals surface area contributed by atoms with Gasteiger partial charge >= 0.3 is 0 Å². The number of hydrogen-bond donors (Lipinski definition) is 0. The topological polar surface area (TPSA) is 8.17 Å². The second-order valence-electron chi connectivity index (χ2n) is 15.3. The summed E-state index contributed by atoms with van der Waals surface area (Å²) in [4.78, 5) is 2.40. The summed E-state index contributed by atoms with van der Waals surface area (Å²) in [6.45, 7) is 0. The molecule has 2 heteroatoms. The van der Waals surface area contributed by atoms with E-state index in [9.17, 15) is 0 Å². The number of benzene rings is 10. The van der Waals surface area contributed by atoms with Gasteiger partial charge in [0, 0.05) is 33.3 Å². The van der Waals surface area contributed by atoms with Gasteiger partial charge < -0.3 is 9.47 Å². The Morgan fingerprint density at radius 1 is 0.283 bits per heavy atom. The van der Waals surface area contributed by atoms with Gasteiger partial charge in [-0.15, -0.1) is 0 Å². The van der Waals surface area contributed by atoms with Crippen LogP contribution in [0, 0.1) is 0 Å². The van der Waals surface area contributed by atoms with Crippen molar-refractivity contribution >= 4 is 49.6 Å². The van der Waals surface area contributed by atoms with Gasteiger partial charge in [-0.05, 0) is 98.8 Å². The van der Waals surface area contributed by atoms with E-state index >= 15 is 0 Å². The molecule has 282 valence electrons. The van der Waals surface area contributed by atoms with E-state index in [-0.39, 0.29) is 0 Å². The van der Waals surface area contributed by atoms with Gasteiger partial charge in [-0.3, -0.25) is 0 Å². The van der Waals surface area contributed by atoms with Crippen LogP contribution in [0.1, 0.15) is 0 Å². The fourth-order valence-electron chi connectivity index (χ4n) is 9.01. The fourth-order valence-corrected chi connectivity index (χ4v) is 9.01. The number of aromatic nitrogens is 1. The third-order valence-electron chi connectivity index (χ3n) is 11.8. The van der Waals surface area contributed by atoms with Crippen molar-refractivity contribution in [2.75, 3.05) is 4.90 Å². The van der Waals surface area contributed by atoms with E-state index in [0.29, 0.717) is 0 Å². The first-order valence-corrected chi connectivity index (χ1v) is 20.6. The molecule has 2 nitrogen and oxygen atoms in total. The van der Waals surface area contributed by atoms with Crippen LogP contribution in [-0.2, 0) is 0 Å². The van der Waals surface area contributed by atoms with Crippen molar-refractivity contribution < 1.29 is 0 Å². The van der Waals surface area contributed by atoms with Gasteiger partial charge in [-0.1, -0.05) is 188 Å². The second kappa shape index (κ2) is 15.1. The van der Waals surface area contributed by atoms with Gasteiger partial charge in [0.15, 0.2) is 0 Å². The number of fused-ring (bicyclic) bond motifs is 4. The number of nitrogens with zero attached hydrogens (tertiary/aromatic N) is 2. The Morgan fingerprint density at radius 2 is 0.817 bits per heavy atom. The smallest absolute Gasteiger partial charge is 0.0541 e. The molecule has 0 N–H and O–H groups in total. The summed E-state index contributed by atoms with van der Waals surface area (Å²) in [6.07, 6.45) is 0. The number of para-hydroxylation sites is 4. The first-order valence-electron chi connectivity index (χ1n) is 20.6. The zero-order valence-electron chi connectivity index (χ0n) is 33.0. The molecule has 0 saturated heterocycles. The van der Waals surface area contributed by atoms with Crippen molar-refractivity contribution in [3.8, 4) is 50.2 Å². The Hall–Kier alpha value is -7.94. The predicted octanol–water partition coefficient (Wildman–Crippen LogP) is 16.1. The average molecular weight is 765 g/mol. The highest BCUT2D eigenvalue weighted by Gasteiger charge is 2.19. The maximum absolute atomic E-state index is 2.42. The Morgan fingerprint density at radius 3 is 1.60 bits per heavy atom. The summed E-state index contributed by atoms with van der Waals surface area (Å²) >= 11 is 0. The minimum atomic E-state index is 1.09. The lowest BCUT2D eigenvalue weighted by Gasteiger charge is -2.28. The van der Waals surface area contributed by atoms with Crippen LogP contribution in [0.3, 0.4) is 0 Å². The average Bonchev–Trinajstić information content (AvgIpc) is 3.66. The summed E-state index contributed by atoms with van der Waals surface area (Å²) < 4.78 is 2.42. The highest BCUT2D eigenvalue weighted by molar-refractivity contribution is 6.09. The first-order chi connectivity index (χ1) is 29.8. The van der Waals surface area contributed by atoms with Crippen molar-refractivity contribution in [2.24, 2.45) is 0 Å². The van der Waals surface area contributed by atoms with Gasteiger partial charge in [0.05, 0.1) is 22.4 Å². The molecule has 0 amide bonds. The molecule has 0 atom stereocenters. The van der Waals surface area contributed by atoms with E-state index in [2.05, 4.69) is 252 Å². The zero-order valence-corrected chi connectivity index (χ0v) is 33.0. The molecule has 0 spiro atoms. The van der Waals surface area contributed by atoms with Crippen LogP contribution in [0.15, 0.2) is 243 Å². The molecule has 0 aliphatic heterocycles. The molecule has 0 unspecified atom stereocenters. The molecule has 0 aliphatic rings. The summed E-state index contributed by atoms with van der Waals surface area (Å²) in [5.41, 5.74) is 16.3. The summed E-state index contributed by atoms with van der Waals surface area (Å²) in [7, 11) is 0. The molecular weight excluding hydrogens is 725 g/mol. The molecule has 11 aromatic rings. The highest BCUT2D eigenvalue weighted by Crippen LogP contribution is 2.43. The van der Waals surface area contributed by atoms with Crippen LogP contribution in [0.2, 0.25) is 0 Å². The Bertz CT molecular complexity index is 3260. The van der Waals surface area contributed by atoms with Crippen LogP contribution < -0.4 is 4.90 Å². The third kappa shape index (κ3) is 6.23. The molecule has 10 aromatic carbocycles. The van der Waals surface area contributed by atoms with E-state index in [0.717, 1.165) is 22.6 Å². The van der Waals surface area contributed by atoms with Crippen LogP contribution in [0.4, 0.5) is 17.1 Å². The standard InChI is InChI=1S/C58H40N2/c1-2-17-43(18-3-1)51-26-6-10-31-55(51)59(48-24-15-23-46(40-48)50-30-16-20-42-19-4-5-25-49(42)50)47-37-35-41(36-38-47)44-21-14-22-45(39-44)52-27-7-11-32-56(52)60-57-33-12-8-28-53(57)54-29-9-13-34-58(54)60/h1-40H. The van der Waals surface area contributed by atoms with Crippen molar-refractivity contribution in [1.29, 1.82) is 0 Å². The first kappa shape index (κ1) is 35.2. The molecule has 0 bridgehead atoms. The van der Waals surface area contributed by atoms with Crippen molar-refractivity contribution in [1.82, 2.24) is 4.57 Å². The summed E-state index contributed by atoms with van der Waals surface area (Å²) in [5.74, 6) is 0. The van der Waals surface area contributed by atoms with E-state index < -0.39 is 0 Å². The van der Waals surface area contributed by atoms with Gasteiger partial charge in [0.25, 0.3) is 0 Å². The zero-order chi connectivity index (χ0) is 39.8. The van der Waals surface area contributed by atoms with Crippen molar-refractivity contribution in [3.63, 3.8) is 0 Å². The van der Waals surface area contributed by atoms with Crippen molar-refractivity contribution in [3.05, 3.63) is 243 Å². The van der Waals surface area contributed by atoms with Crippen molar-refractivity contribution in [2.45, 2.75) is 0 Å². The SMILES string of the molecule is c1ccc(-c2ccccc2N(c2ccc(-c3cccc(-c4ccccc4-n4c5ccccc5c5ccccc54)c3)cc2)c2cccc(-c3cccc4ccccc34)c2)cc1. The van der Waals surface area contributed by atoms with E-state index in [1.54, 1.807) is 0 Å². The molecule has 0 fully saturated rings. The third-order valence-corrected chi connectivity index (χ3v) is 11.8. The monoisotopic (exact) mass is 764 g/mol. The van der Waals surface area contributed by atoms with E-state index in [1.165, 1.54) is 77.2 Å². The Kier molecular flexibility index (Phi) is 8.87. The maximum atomic E-state index is 2.42. The summed E-state index contributed by atoms with van der Waals surface area (Å²) in [5, 5.41) is 5.01. The van der Waals surface area contributed by atoms with Crippen LogP contribution >= 0.6 is 0 Å². The lowest BCUT2D eigenvalue weighted by atomic mass is 9.96. The van der Waals surface area contributed by atoms with Gasteiger partial charge in [0.2, 0.25) is 0 Å². The Balaban J connectivity index is 1.01. The minimum Gasteiger partial charge on any atom is -0.310 e. The number of rotatable bonds is 8. The molecule has 1 heterocycles. The van der Waals surface area contributed by atoms with Crippen LogP contribution in [0.25, 0.3) is 82.8 Å². The molecule has 60 heavy (non-hydrogen) atoms. The van der Waals surface area contributed by atoms with E-state index in [1.807, 2.05) is 0 Å². The number of anilines is 3. The van der Waals surface area contributed by atoms with Gasteiger partial charge in [-0.25, -0.2) is 0 Å². The molecule has 0 aliphatic carbocycles. The summed E-state index contributed by atoms with van der Waals surface area (Å²) in [6, 6.07) is 87.8. The predicted molar refractivity (Wildman–Crippen MR) is 255 cm³/mol. The van der Waals surface area contributed by atoms with Gasteiger partial charge in [-0.2, -0.15) is 0 Å². The normalized spacial score (nSPS) is 11.3. The molecule has 11 rings (SSSR count). The fraction of sp³-hybridized carbons (Fsp3) is 0.